The van der Waals surface area contributed by atoms with Gasteiger partial charge in [-0.1, -0.05) is 12.1 Å². The molecule has 1 aromatic rings. The highest BCUT2D eigenvalue weighted by Crippen LogP contribution is 2.30. The van der Waals surface area contributed by atoms with Crippen LogP contribution in [0.4, 0.5) is 5.69 Å². The zero-order chi connectivity index (χ0) is 15.5. The molecule has 1 aromatic carbocycles. The Morgan fingerprint density at radius 3 is 2.62 bits per heavy atom. The third-order valence-electron chi connectivity index (χ3n) is 3.79. The van der Waals surface area contributed by atoms with Gasteiger partial charge in [0.15, 0.2) is 0 Å². The minimum Gasteiger partial charge on any atom is -0.350 e. The van der Waals surface area contributed by atoms with E-state index in [9.17, 15) is 9.59 Å². The maximum Gasteiger partial charge on any atom is 0.239 e. The zero-order valence-electron chi connectivity index (χ0n) is 12.8. The molecule has 0 aliphatic heterocycles. The molecule has 0 spiro atoms. The van der Waals surface area contributed by atoms with Crippen LogP contribution in [0.25, 0.3) is 0 Å². The Labute approximate surface area is 125 Å². The minimum atomic E-state index is -0.599. The maximum atomic E-state index is 12.0. The highest BCUT2D eigenvalue weighted by atomic mass is 16.2. The van der Waals surface area contributed by atoms with Gasteiger partial charge in [-0.15, -0.1) is 0 Å². The molecular formula is C16H23N3O2. The lowest BCUT2D eigenvalue weighted by atomic mass is 10.1. The van der Waals surface area contributed by atoms with Crippen molar-refractivity contribution in [3.63, 3.8) is 0 Å². The first-order valence-corrected chi connectivity index (χ1v) is 7.29. The van der Waals surface area contributed by atoms with Gasteiger partial charge in [-0.3, -0.25) is 9.59 Å². The lowest BCUT2D eigenvalue weighted by molar-refractivity contribution is -0.126. The Kier molecular flexibility index (Phi) is 4.63. The third-order valence-corrected chi connectivity index (χ3v) is 3.79. The van der Waals surface area contributed by atoms with Gasteiger partial charge in [0.05, 0.1) is 5.54 Å². The molecule has 1 aliphatic rings. The standard InChI is InChI=1S/C16H23N3O2/c1-16(2,17-3)15(21)18-10-11-5-4-6-13(9-11)19-14(20)12-7-8-12/h4-6,9,12,17H,7-8,10H2,1-3H3,(H,18,21)(H,19,20). The van der Waals surface area contributed by atoms with Gasteiger partial charge >= 0.3 is 0 Å². The summed E-state index contributed by atoms with van der Waals surface area (Å²) in [6.07, 6.45) is 1.97. The van der Waals surface area contributed by atoms with E-state index in [0.717, 1.165) is 24.1 Å². The van der Waals surface area contributed by atoms with E-state index >= 15 is 0 Å². The lowest BCUT2D eigenvalue weighted by Gasteiger charge is -2.22. The van der Waals surface area contributed by atoms with Gasteiger partial charge in [-0.2, -0.15) is 0 Å². The van der Waals surface area contributed by atoms with Gasteiger partial charge in [0.2, 0.25) is 11.8 Å². The van der Waals surface area contributed by atoms with Crippen LogP contribution in [0, 0.1) is 5.92 Å². The molecule has 21 heavy (non-hydrogen) atoms. The first kappa shape index (κ1) is 15.5. The molecule has 3 N–H and O–H groups in total. The van der Waals surface area contributed by atoms with Crippen LogP contribution in [-0.4, -0.2) is 24.4 Å². The third kappa shape index (κ3) is 4.29. The zero-order valence-corrected chi connectivity index (χ0v) is 12.8. The molecule has 0 bridgehead atoms. The Morgan fingerprint density at radius 2 is 2.00 bits per heavy atom. The van der Waals surface area contributed by atoms with Crippen molar-refractivity contribution in [1.29, 1.82) is 0 Å². The summed E-state index contributed by atoms with van der Waals surface area (Å²) in [4.78, 5) is 23.7. The van der Waals surface area contributed by atoms with Crippen molar-refractivity contribution >= 4 is 17.5 Å². The van der Waals surface area contributed by atoms with Crippen molar-refractivity contribution in [2.24, 2.45) is 5.92 Å². The second-order valence-corrected chi connectivity index (χ2v) is 6.02. The molecular weight excluding hydrogens is 266 g/mol. The van der Waals surface area contributed by atoms with Gasteiger partial charge < -0.3 is 16.0 Å². The minimum absolute atomic E-state index is 0.0579. The second-order valence-electron chi connectivity index (χ2n) is 6.02. The Morgan fingerprint density at radius 1 is 1.29 bits per heavy atom. The molecule has 0 unspecified atom stereocenters. The fourth-order valence-electron chi connectivity index (χ4n) is 1.87. The molecule has 1 fully saturated rings. The van der Waals surface area contributed by atoms with E-state index in [0.29, 0.717) is 6.54 Å². The number of benzene rings is 1. The number of amides is 2. The smallest absolute Gasteiger partial charge is 0.239 e. The van der Waals surface area contributed by atoms with E-state index in [4.69, 9.17) is 0 Å². The van der Waals surface area contributed by atoms with Crippen LogP contribution in [-0.2, 0) is 16.1 Å². The van der Waals surface area contributed by atoms with E-state index in [1.165, 1.54) is 0 Å². The van der Waals surface area contributed by atoms with Crippen LogP contribution in [0.15, 0.2) is 24.3 Å². The lowest BCUT2D eigenvalue weighted by Crippen LogP contribution is -2.50. The number of carbonyl (C=O) groups excluding carboxylic acids is 2. The van der Waals surface area contributed by atoms with Crippen LogP contribution < -0.4 is 16.0 Å². The normalized spacial score (nSPS) is 14.6. The molecule has 0 heterocycles. The molecule has 0 atom stereocenters. The van der Waals surface area contributed by atoms with Gasteiger partial charge in [0.1, 0.15) is 0 Å². The molecule has 1 aliphatic carbocycles. The summed E-state index contributed by atoms with van der Waals surface area (Å²) < 4.78 is 0. The monoisotopic (exact) mass is 289 g/mol. The van der Waals surface area contributed by atoms with Crippen molar-refractivity contribution in [3.05, 3.63) is 29.8 Å². The summed E-state index contributed by atoms with van der Waals surface area (Å²) in [6.45, 7) is 4.10. The van der Waals surface area contributed by atoms with E-state index < -0.39 is 5.54 Å². The van der Waals surface area contributed by atoms with Gasteiger partial charge in [-0.25, -0.2) is 0 Å². The fourth-order valence-corrected chi connectivity index (χ4v) is 1.87. The van der Waals surface area contributed by atoms with Crippen LogP contribution in [0.1, 0.15) is 32.3 Å². The molecule has 5 heteroatoms. The molecule has 1 saturated carbocycles. The van der Waals surface area contributed by atoms with E-state index in [-0.39, 0.29) is 17.7 Å². The number of hydrogen-bond acceptors (Lipinski definition) is 3. The quantitative estimate of drug-likeness (QED) is 0.746. The van der Waals surface area contributed by atoms with Crippen molar-refractivity contribution in [3.8, 4) is 0 Å². The molecule has 2 rings (SSSR count). The number of hydrogen-bond donors (Lipinski definition) is 3. The highest BCUT2D eigenvalue weighted by Gasteiger charge is 2.29. The summed E-state index contributed by atoms with van der Waals surface area (Å²) in [5.74, 6) is 0.217. The van der Waals surface area contributed by atoms with Gasteiger partial charge in [0, 0.05) is 18.2 Å². The van der Waals surface area contributed by atoms with E-state index in [1.807, 2.05) is 38.1 Å². The maximum absolute atomic E-state index is 12.0. The van der Waals surface area contributed by atoms with Gasteiger partial charge in [-0.05, 0) is 51.4 Å². The van der Waals surface area contributed by atoms with E-state index in [2.05, 4.69) is 16.0 Å². The molecule has 0 radical (unpaired) electrons. The number of likely N-dealkylation sites (N-methyl/N-ethyl adjacent to an activating group) is 1. The topological polar surface area (TPSA) is 70.2 Å². The van der Waals surface area contributed by atoms with Crippen molar-refractivity contribution in [1.82, 2.24) is 10.6 Å². The number of rotatable bonds is 6. The number of carbonyl (C=O) groups is 2. The first-order chi connectivity index (χ1) is 9.92. The summed E-state index contributed by atoms with van der Waals surface area (Å²) >= 11 is 0. The van der Waals surface area contributed by atoms with Crippen LogP contribution >= 0.6 is 0 Å². The summed E-state index contributed by atoms with van der Waals surface area (Å²) in [6, 6.07) is 7.57. The SMILES string of the molecule is CNC(C)(C)C(=O)NCc1cccc(NC(=O)C2CC2)c1. The van der Waals surface area contributed by atoms with Gasteiger partial charge in [0.25, 0.3) is 0 Å². The highest BCUT2D eigenvalue weighted by molar-refractivity contribution is 5.94. The summed E-state index contributed by atoms with van der Waals surface area (Å²) in [5, 5.41) is 8.77. The van der Waals surface area contributed by atoms with Crippen molar-refractivity contribution in [2.75, 3.05) is 12.4 Å². The fraction of sp³-hybridized carbons (Fsp3) is 0.500. The van der Waals surface area contributed by atoms with Crippen molar-refractivity contribution in [2.45, 2.75) is 38.8 Å². The summed E-state index contributed by atoms with van der Waals surface area (Å²) in [5.41, 5.74) is 1.15. The Balaban J connectivity index is 1.91. The molecule has 114 valence electrons. The summed E-state index contributed by atoms with van der Waals surface area (Å²) in [7, 11) is 1.76. The largest absolute Gasteiger partial charge is 0.350 e. The predicted octanol–water partition coefficient (Wildman–Crippen LogP) is 1.65. The Bertz CT molecular complexity index is 536. The van der Waals surface area contributed by atoms with Crippen LogP contribution in [0.3, 0.4) is 0 Å². The van der Waals surface area contributed by atoms with Crippen LogP contribution in [0.5, 0.6) is 0 Å². The molecule has 5 nitrogen and oxygen atoms in total. The average molecular weight is 289 g/mol. The van der Waals surface area contributed by atoms with E-state index in [1.54, 1.807) is 7.05 Å². The second kappa shape index (κ2) is 6.26. The Hall–Kier alpha value is -1.88. The molecule has 2 amide bonds. The molecule has 0 saturated heterocycles. The number of anilines is 1. The predicted molar refractivity (Wildman–Crippen MR) is 82.8 cm³/mol. The number of nitrogens with one attached hydrogen (secondary N) is 3. The average Bonchev–Trinajstić information content (AvgIpc) is 3.29. The van der Waals surface area contributed by atoms with Crippen LogP contribution in [0.2, 0.25) is 0 Å². The first-order valence-electron chi connectivity index (χ1n) is 7.29. The molecule has 0 aromatic heterocycles. The van der Waals surface area contributed by atoms with Crippen molar-refractivity contribution < 1.29 is 9.59 Å².